The number of rotatable bonds is 3. The van der Waals surface area contributed by atoms with Crippen LogP contribution in [0.5, 0.6) is 0 Å². The van der Waals surface area contributed by atoms with Gasteiger partial charge in [0.05, 0.1) is 5.56 Å². The maximum Gasteiger partial charge on any atom is 0.147 e. The van der Waals surface area contributed by atoms with Crippen LogP contribution < -0.4 is 10.2 Å². The van der Waals surface area contributed by atoms with Crippen molar-refractivity contribution in [1.29, 1.82) is 5.26 Å². The monoisotopic (exact) mass is 270 g/mol. The van der Waals surface area contributed by atoms with Crippen molar-refractivity contribution in [2.45, 2.75) is 57.7 Å². The Morgan fingerprint density at radius 2 is 2.05 bits per heavy atom. The first-order valence-corrected chi connectivity index (χ1v) is 7.61. The van der Waals surface area contributed by atoms with E-state index in [0.717, 1.165) is 18.1 Å². The van der Waals surface area contributed by atoms with Gasteiger partial charge in [0.25, 0.3) is 0 Å². The minimum atomic E-state index is 0.514. The molecule has 0 aliphatic carbocycles. The molecule has 0 saturated carbocycles. The summed E-state index contributed by atoms with van der Waals surface area (Å²) >= 11 is 0. The van der Waals surface area contributed by atoms with Crippen molar-refractivity contribution in [3.05, 3.63) is 23.4 Å². The smallest absolute Gasteiger partial charge is 0.147 e. The van der Waals surface area contributed by atoms with Gasteiger partial charge in [-0.15, -0.1) is 0 Å². The molecule has 3 rings (SSSR count). The predicted octanol–water partition coefficient (Wildman–Crippen LogP) is 2.37. The van der Waals surface area contributed by atoms with Crippen molar-refractivity contribution in [3.8, 4) is 6.07 Å². The highest BCUT2D eigenvalue weighted by molar-refractivity contribution is 5.55. The van der Waals surface area contributed by atoms with Crippen molar-refractivity contribution in [2.24, 2.45) is 0 Å². The van der Waals surface area contributed by atoms with Crippen LogP contribution in [0.3, 0.4) is 0 Å². The third kappa shape index (κ3) is 2.38. The second-order valence-corrected chi connectivity index (χ2v) is 5.98. The number of fused-ring (bicyclic) bond motifs is 2. The summed E-state index contributed by atoms with van der Waals surface area (Å²) in [6.07, 6.45) is 4.94. The molecule has 1 aromatic rings. The van der Waals surface area contributed by atoms with E-state index in [1.165, 1.54) is 25.7 Å². The normalized spacial score (nSPS) is 28.1. The first-order valence-electron chi connectivity index (χ1n) is 7.61. The SMILES string of the molecule is CCN(c1nc(C)ccc1C#N)C1CC2CCC(C1)N2. The number of piperidine rings is 1. The second-order valence-electron chi connectivity index (χ2n) is 5.98. The fraction of sp³-hybridized carbons (Fsp3) is 0.625. The molecule has 2 fully saturated rings. The van der Waals surface area contributed by atoms with Gasteiger partial charge < -0.3 is 10.2 Å². The fourth-order valence-corrected chi connectivity index (χ4v) is 3.71. The van der Waals surface area contributed by atoms with Crippen LogP contribution in [0.4, 0.5) is 5.82 Å². The van der Waals surface area contributed by atoms with Gasteiger partial charge in [0.15, 0.2) is 0 Å². The van der Waals surface area contributed by atoms with Crippen LogP contribution in [0.15, 0.2) is 12.1 Å². The van der Waals surface area contributed by atoms with Crippen LogP contribution >= 0.6 is 0 Å². The highest BCUT2D eigenvalue weighted by atomic mass is 15.2. The van der Waals surface area contributed by atoms with E-state index < -0.39 is 0 Å². The Hall–Kier alpha value is -1.60. The summed E-state index contributed by atoms with van der Waals surface area (Å²) in [6, 6.07) is 7.94. The molecule has 2 aliphatic heterocycles. The summed E-state index contributed by atoms with van der Waals surface area (Å²) in [6.45, 7) is 5.06. The van der Waals surface area contributed by atoms with Crippen molar-refractivity contribution in [1.82, 2.24) is 10.3 Å². The number of nitriles is 1. The van der Waals surface area contributed by atoms with Gasteiger partial charge in [0.2, 0.25) is 0 Å². The molecule has 0 radical (unpaired) electrons. The average molecular weight is 270 g/mol. The molecule has 0 aromatic carbocycles. The van der Waals surface area contributed by atoms with E-state index in [-0.39, 0.29) is 0 Å². The Kier molecular flexibility index (Phi) is 3.62. The van der Waals surface area contributed by atoms with Crippen molar-refractivity contribution in [3.63, 3.8) is 0 Å². The lowest BCUT2D eigenvalue weighted by molar-refractivity contribution is 0.348. The first kappa shape index (κ1) is 13.4. The summed E-state index contributed by atoms with van der Waals surface area (Å²) < 4.78 is 0. The van der Waals surface area contributed by atoms with E-state index in [0.29, 0.717) is 23.7 Å². The lowest BCUT2D eigenvalue weighted by atomic mass is 9.97. The van der Waals surface area contributed by atoms with Crippen LogP contribution in [0.25, 0.3) is 0 Å². The van der Waals surface area contributed by atoms with E-state index in [2.05, 4.69) is 28.2 Å². The van der Waals surface area contributed by atoms with Gasteiger partial charge in [-0.3, -0.25) is 0 Å². The molecule has 2 bridgehead atoms. The van der Waals surface area contributed by atoms with Crippen LogP contribution in [0.1, 0.15) is 43.9 Å². The molecule has 1 aromatic heterocycles. The number of nitrogens with one attached hydrogen (secondary N) is 1. The number of hydrogen-bond acceptors (Lipinski definition) is 4. The Labute approximate surface area is 120 Å². The van der Waals surface area contributed by atoms with Crippen molar-refractivity contribution < 1.29 is 0 Å². The van der Waals surface area contributed by atoms with E-state index in [4.69, 9.17) is 0 Å². The van der Waals surface area contributed by atoms with Crippen LogP contribution in [-0.2, 0) is 0 Å². The third-order valence-electron chi connectivity index (χ3n) is 4.64. The Bertz CT molecular complexity index is 522. The number of aromatic nitrogens is 1. The molecule has 4 nitrogen and oxygen atoms in total. The molecular weight excluding hydrogens is 248 g/mol. The van der Waals surface area contributed by atoms with Crippen molar-refractivity contribution >= 4 is 5.82 Å². The summed E-state index contributed by atoms with van der Waals surface area (Å²) in [5.74, 6) is 0.876. The highest BCUT2D eigenvalue weighted by Crippen LogP contribution is 2.32. The van der Waals surface area contributed by atoms with E-state index in [9.17, 15) is 5.26 Å². The summed E-state index contributed by atoms with van der Waals surface area (Å²) in [5.41, 5.74) is 1.68. The lowest BCUT2D eigenvalue weighted by Gasteiger charge is -2.38. The third-order valence-corrected chi connectivity index (χ3v) is 4.64. The molecule has 0 amide bonds. The zero-order valence-electron chi connectivity index (χ0n) is 12.3. The Morgan fingerprint density at radius 3 is 2.65 bits per heavy atom. The highest BCUT2D eigenvalue weighted by Gasteiger charge is 2.36. The maximum absolute atomic E-state index is 9.34. The number of pyridine rings is 1. The molecule has 2 atom stereocenters. The van der Waals surface area contributed by atoms with Gasteiger partial charge in [-0.2, -0.15) is 5.26 Å². The molecule has 4 heteroatoms. The van der Waals surface area contributed by atoms with E-state index in [1.807, 2.05) is 19.1 Å². The zero-order chi connectivity index (χ0) is 14.1. The molecule has 2 aliphatic rings. The fourth-order valence-electron chi connectivity index (χ4n) is 3.71. The molecule has 2 unspecified atom stereocenters. The molecule has 0 spiro atoms. The van der Waals surface area contributed by atoms with Gasteiger partial charge in [-0.25, -0.2) is 4.98 Å². The molecule has 1 N–H and O–H groups in total. The van der Waals surface area contributed by atoms with Gasteiger partial charge in [0, 0.05) is 30.4 Å². The predicted molar refractivity (Wildman–Crippen MR) is 79.7 cm³/mol. The second kappa shape index (κ2) is 5.41. The average Bonchev–Trinajstić information content (AvgIpc) is 2.79. The summed E-state index contributed by atoms with van der Waals surface area (Å²) in [7, 11) is 0. The molecule has 2 saturated heterocycles. The van der Waals surface area contributed by atoms with Gasteiger partial charge in [-0.05, 0) is 51.7 Å². The van der Waals surface area contributed by atoms with Crippen LogP contribution in [-0.4, -0.2) is 29.7 Å². The quantitative estimate of drug-likeness (QED) is 0.916. The minimum Gasteiger partial charge on any atom is -0.353 e. The largest absolute Gasteiger partial charge is 0.353 e. The van der Waals surface area contributed by atoms with Crippen LogP contribution in [0, 0.1) is 18.3 Å². The molecule has 3 heterocycles. The zero-order valence-corrected chi connectivity index (χ0v) is 12.3. The van der Waals surface area contributed by atoms with Gasteiger partial charge in [-0.1, -0.05) is 0 Å². The van der Waals surface area contributed by atoms with E-state index in [1.54, 1.807) is 0 Å². The van der Waals surface area contributed by atoms with E-state index >= 15 is 0 Å². The molecular formula is C16H22N4. The molecule has 20 heavy (non-hydrogen) atoms. The summed E-state index contributed by atoms with van der Waals surface area (Å²) in [5, 5.41) is 13.0. The summed E-state index contributed by atoms with van der Waals surface area (Å²) in [4.78, 5) is 6.99. The van der Waals surface area contributed by atoms with Gasteiger partial charge in [0.1, 0.15) is 11.9 Å². The topological polar surface area (TPSA) is 52.0 Å². The number of anilines is 1. The Balaban J connectivity index is 1.90. The number of nitrogens with zero attached hydrogens (tertiary/aromatic N) is 3. The number of aryl methyl sites for hydroxylation is 1. The lowest BCUT2D eigenvalue weighted by Crippen LogP contribution is -2.48. The van der Waals surface area contributed by atoms with Crippen molar-refractivity contribution in [2.75, 3.05) is 11.4 Å². The maximum atomic E-state index is 9.34. The van der Waals surface area contributed by atoms with Crippen LogP contribution in [0.2, 0.25) is 0 Å². The first-order chi connectivity index (χ1) is 9.71. The van der Waals surface area contributed by atoms with Gasteiger partial charge >= 0.3 is 0 Å². The standard InChI is InChI=1S/C16H22N4/c1-3-20(15-8-13-6-7-14(9-15)19-13)16-12(10-17)5-4-11(2)18-16/h4-5,13-15,19H,3,6-9H2,1-2H3. The minimum absolute atomic E-state index is 0.514. The Morgan fingerprint density at radius 1 is 1.35 bits per heavy atom. The molecule has 106 valence electrons. The number of hydrogen-bond donors (Lipinski definition) is 1.